The van der Waals surface area contributed by atoms with E-state index >= 15 is 0 Å². The summed E-state index contributed by atoms with van der Waals surface area (Å²) in [4.78, 5) is 16.3. The van der Waals surface area contributed by atoms with Gasteiger partial charge in [0.05, 0.1) is 17.7 Å². The minimum Gasteiger partial charge on any atom is -0.464 e. The number of aryl methyl sites for hydroxylation is 2. The number of fused-ring (bicyclic) bond motifs is 1. The van der Waals surface area contributed by atoms with Crippen molar-refractivity contribution >= 4 is 28.2 Å². The van der Waals surface area contributed by atoms with Crippen molar-refractivity contribution < 1.29 is 9.21 Å². The van der Waals surface area contributed by atoms with Gasteiger partial charge >= 0.3 is 0 Å². The van der Waals surface area contributed by atoms with Crippen LogP contribution < -0.4 is 5.32 Å². The quantitative estimate of drug-likeness (QED) is 0.785. The van der Waals surface area contributed by atoms with E-state index in [-0.39, 0.29) is 5.91 Å². The summed E-state index contributed by atoms with van der Waals surface area (Å²) in [6.45, 7) is 4.70. The zero-order valence-electron chi connectivity index (χ0n) is 12.7. The standard InChI is InChI=1S/C17H18N2O2S/c1-11-7-12(2)17-13(10-21-14(17)8-11)9-15(20)18-4-3-16-19-5-6-22-16/h5-8,10H,3-4,9H2,1-2H3,(H,18,20). The zero-order chi connectivity index (χ0) is 15.5. The number of benzene rings is 1. The molecule has 3 rings (SSSR count). The molecule has 0 aliphatic rings. The van der Waals surface area contributed by atoms with Crippen molar-refractivity contribution in [1.29, 1.82) is 0 Å². The minimum absolute atomic E-state index is 0.0132. The maximum absolute atomic E-state index is 12.1. The fourth-order valence-corrected chi connectivity index (χ4v) is 3.30. The van der Waals surface area contributed by atoms with Gasteiger partial charge in [-0.2, -0.15) is 0 Å². The molecule has 2 aromatic heterocycles. The van der Waals surface area contributed by atoms with E-state index in [9.17, 15) is 4.79 Å². The van der Waals surface area contributed by atoms with E-state index in [4.69, 9.17) is 4.42 Å². The van der Waals surface area contributed by atoms with Crippen LogP contribution in [-0.2, 0) is 17.6 Å². The number of nitrogens with one attached hydrogen (secondary N) is 1. The number of aromatic nitrogens is 1. The summed E-state index contributed by atoms with van der Waals surface area (Å²) < 4.78 is 5.59. The molecule has 0 bridgehead atoms. The molecule has 0 saturated carbocycles. The largest absolute Gasteiger partial charge is 0.464 e. The second-order valence-corrected chi connectivity index (χ2v) is 6.40. The normalized spacial score (nSPS) is 11.0. The fourth-order valence-electron chi connectivity index (χ4n) is 2.68. The summed E-state index contributed by atoms with van der Waals surface area (Å²) in [5.74, 6) is 0.0132. The molecule has 4 nitrogen and oxygen atoms in total. The molecule has 0 fully saturated rings. The van der Waals surface area contributed by atoms with Crippen molar-refractivity contribution in [3.8, 4) is 0 Å². The van der Waals surface area contributed by atoms with Crippen molar-refractivity contribution in [3.05, 3.63) is 51.7 Å². The zero-order valence-corrected chi connectivity index (χ0v) is 13.5. The molecule has 2 heterocycles. The summed E-state index contributed by atoms with van der Waals surface area (Å²) in [6.07, 6.45) is 4.59. The number of carbonyl (C=O) groups excluding carboxylic acids is 1. The monoisotopic (exact) mass is 314 g/mol. The van der Waals surface area contributed by atoms with E-state index in [1.54, 1.807) is 23.8 Å². The first kappa shape index (κ1) is 14.8. The Hall–Kier alpha value is -2.14. The third kappa shape index (κ3) is 3.20. The van der Waals surface area contributed by atoms with Gasteiger partial charge in [0, 0.05) is 35.5 Å². The molecular weight excluding hydrogens is 296 g/mol. The number of hydrogen-bond acceptors (Lipinski definition) is 4. The molecule has 5 heteroatoms. The van der Waals surface area contributed by atoms with Crippen LogP contribution in [0.3, 0.4) is 0 Å². The number of thiazole rings is 1. The van der Waals surface area contributed by atoms with E-state index in [0.29, 0.717) is 13.0 Å². The average Bonchev–Trinajstić information content (AvgIpc) is 3.09. The number of nitrogens with zero attached hydrogens (tertiary/aromatic N) is 1. The van der Waals surface area contributed by atoms with Crippen LogP contribution in [0.4, 0.5) is 0 Å². The number of furan rings is 1. The number of carbonyl (C=O) groups is 1. The molecule has 22 heavy (non-hydrogen) atoms. The lowest BCUT2D eigenvalue weighted by molar-refractivity contribution is -0.120. The lowest BCUT2D eigenvalue weighted by Gasteiger charge is -2.04. The first-order valence-corrected chi connectivity index (χ1v) is 8.14. The highest BCUT2D eigenvalue weighted by atomic mass is 32.1. The molecule has 0 radical (unpaired) electrons. The highest BCUT2D eigenvalue weighted by molar-refractivity contribution is 7.09. The summed E-state index contributed by atoms with van der Waals surface area (Å²) in [6, 6.07) is 4.12. The van der Waals surface area contributed by atoms with Gasteiger partial charge < -0.3 is 9.73 Å². The summed E-state index contributed by atoms with van der Waals surface area (Å²) >= 11 is 1.61. The molecular formula is C17H18N2O2S. The van der Waals surface area contributed by atoms with Gasteiger partial charge in [0.15, 0.2) is 0 Å². The molecule has 0 aliphatic heterocycles. The lowest BCUT2D eigenvalue weighted by Crippen LogP contribution is -2.27. The van der Waals surface area contributed by atoms with Gasteiger partial charge in [-0.15, -0.1) is 11.3 Å². The maximum atomic E-state index is 12.1. The Morgan fingerprint density at radius 3 is 3.00 bits per heavy atom. The van der Waals surface area contributed by atoms with Gasteiger partial charge in [-0.3, -0.25) is 4.79 Å². The number of amides is 1. The van der Waals surface area contributed by atoms with Gasteiger partial charge in [0.2, 0.25) is 5.91 Å². The van der Waals surface area contributed by atoms with Gasteiger partial charge in [-0.1, -0.05) is 6.07 Å². The van der Waals surface area contributed by atoms with Crippen molar-refractivity contribution in [3.63, 3.8) is 0 Å². The summed E-state index contributed by atoms with van der Waals surface area (Å²) in [5, 5.41) is 6.98. The van der Waals surface area contributed by atoms with E-state index in [2.05, 4.69) is 23.3 Å². The lowest BCUT2D eigenvalue weighted by atomic mass is 10.0. The molecule has 0 saturated heterocycles. The van der Waals surface area contributed by atoms with E-state index in [1.807, 2.05) is 18.4 Å². The van der Waals surface area contributed by atoms with Crippen LogP contribution in [0.2, 0.25) is 0 Å². The molecule has 0 unspecified atom stereocenters. The molecule has 0 aliphatic carbocycles. The Labute approximate surface area is 133 Å². The van der Waals surface area contributed by atoms with Crippen LogP contribution in [0, 0.1) is 13.8 Å². The Bertz CT molecular complexity index is 790. The highest BCUT2D eigenvalue weighted by Gasteiger charge is 2.12. The van der Waals surface area contributed by atoms with E-state index in [1.165, 1.54) is 5.56 Å². The van der Waals surface area contributed by atoms with Crippen molar-refractivity contribution in [2.24, 2.45) is 0 Å². The smallest absolute Gasteiger partial charge is 0.224 e. The van der Waals surface area contributed by atoms with Crippen LogP contribution >= 0.6 is 11.3 Å². The third-order valence-electron chi connectivity index (χ3n) is 3.59. The van der Waals surface area contributed by atoms with Crippen LogP contribution in [0.25, 0.3) is 11.0 Å². The van der Waals surface area contributed by atoms with E-state index < -0.39 is 0 Å². The third-order valence-corrected chi connectivity index (χ3v) is 4.43. The second-order valence-electron chi connectivity index (χ2n) is 5.42. The molecule has 1 aromatic carbocycles. The SMILES string of the molecule is Cc1cc(C)c2c(CC(=O)NCCc3nccs3)coc2c1. The van der Waals surface area contributed by atoms with Crippen molar-refractivity contribution in [2.45, 2.75) is 26.7 Å². The Morgan fingerprint density at radius 1 is 1.36 bits per heavy atom. The van der Waals surface area contributed by atoms with Gasteiger partial charge in [0.1, 0.15) is 5.58 Å². The molecule has 114 valence electrons. The second kappa shape index (κ2) is 6.32. The first-order chi connectivity index (χ1) is 10.6. The number of rotatable bonds is 5. The Kier molecular flexibility index (Phi) is 4.24. The molecule has 3 aromatic rings. The van der Waals surface area contributed by atoms with Gasteiger partial charge in [-0.25, -0.2) is 4.98 Å². The summed E-state index contributed by atoms with van der Waals surface area (Å²) in [7, 11) is 0. The number of hydrogen-bond donors (Lipinski definition) is 1. The average molecular weight is 314 g/mol. The maximum Gasteiger partial charge on any atom is 0.224 e. The van der Waals surface area contributed by atoms with Crippen LogP contribution in [0.5, 0.6) is 0 Å². The molecule has 0 atom stereocenters. The molecule has 1 N–H and O–H groups in total. The Morgan fingerprint density at radius 2 is 2.23 bits per heavy atom. The van der Waals surface area contributed by atoms with Crippen LogP contribution in [0.15, 0.2) is 34.4 Å². The fraction of sp³-hybridized carbons (Fsp3) is 0.294. The molecule has 1 amide bonds. The van der Waals surface area contributed by atoms with Gasteiger partial charge in [-0.05, 0) is 31.0 Å². The topological polar surface area (TPSA) is 55.1 Å². The van der Waals surface area contributed by atoms with Crippen molar-refractivity contribution in [2.75, 3.05) is 6.54 Å². The van der Waals surface area contributed by atoms with Crippen molar-refractivity contribution in [1.82, 2.24) is 10.3 Å². The van der Waals surface area contributed by atoms with Crippen LogP contribution in [0.1, 0.15) is 21.7 Å². The van der Waals surface area contributed by atoms with E-state index in [0.717, 1.165) is 33.5 Å². The van der Waals surface area contributed by atoms with Crippen LogP contribution in [-0.4, -0.2) is 17.4 Å². The first-order valence-electron chi connectivity index (χ1n) is 7.26. The Balaban J connectivity index is 1.64. The molecule has 0 spiro atoms. The summed E-state index contributed by atoms with van der Waals surface area (Å²) in [5.41, 5.74) is 4.11. The predicted molar refractivity (Wildman–Crippen MR) is 88.2 cm³/mol. The predicted octanol–water partition coefficient (Wildman–Crippen LogP) is 3.41. The minimum atomic E-state index is 0.0132. The highest BCUT2D eigenvalue weighted by Crippen LogP contribution is 2.26. The van der Waals surface area contributed by atoms with Gasteiger partial charge in [0.25, 0.3) is 0 Å².